The molecule has 0 saturated carbocycles. The first-order valence-electron chi connectivity index (χ1n) is 7.13. The van der Waals surface area contributed by atoms with Gasteiger partial charge in [-0.2, -0.15) is 0 Å². The van der Waals surface area contributed by atoms with E-state index in [1.807, 2.05) is 0 Å². The molecule has 4 N–H and O–H groups in total. The Morgan fingerprint density at radius 2 is 1.39 bits per heavy atom. The molecule has 0 fully saturated rings. The Bertz CT molecular complexity index is 344. The molecule has 0 aromatic rings. The quantitative estimate of drug-likeness (QED) is 0.299. The standard InChI is InChI=1S/C13H26N4O6/c1-14-4-5-15-13(20)23-10(6-16-11(18)8-21-2)7-17-12(19)9-22-3/h10,14H,4-9H2,1-3H3,(H,15,20)(H,16,18)(H,17,19). The fourth-order valence-corrected chi connectivity index (χ4v) is 1.46. The van der Waals surface area contributed by atoms with Crippen LogP contribution in [0.5, 0.6) is 0 Å². The van der Waals surface area contributed by atoms with E-state index < -0.39 is 12.2 Å². The SMILES string of the molecule is CNCCNC(=O)OC(CNC(=O)COC)CNC(=O)COC. The largest absolute Gasteiger partial charge is 0.442 e. The number of hydrogen-bond acceptors (Lipinski definition) is 7. The lowest BCUT2D eigenvalue weighted by molar-refractivity contribution is -0.125. The molecule has 134 valence electrons. The summed E-state index contributed by atoms with van der Waals surface area (Å²) in [7, 11) is 4.55. The van der Waals surface area contributed by atoms with Gasteiger partial charge < -0.3 is 35.5 Å². The van der Waals surface area contributed by atoms with Crippen LogP contribution in [-0.4, -0.2) is 84.7 Å². The van der Waals surface area contributed by atoms with Gasteiger partial charge in [0.2, 0.25) is 11.8 Å². The van der Waals surface area contributed by atoms with Crippen molar-refractivity contribution in [2.45, 2.75) is 6.10 Å². The summed E-state index contributed by atoms with van der Waals surface area (Å²) in [4.78, 5) is 34.4. The highest BCUT2D eigenvalue weighted by atomic mass is 16.6. The second-order valence-corrected chi connectivity index (χ2v) is 4.53. The Balaban J connectivity index is 4.32. The molecule has 3 amide bonds. The van der Waals surface area contributed by atoms with Crippen LogP contribution in [0.25, 0.3) is 0 Å². The minimum Gasteiger partial charge on any atom is -0.442 e. The summed E-state index contributed by atoms with van der Waals surface area (Å²) in [6.07, 6.45) is -1.35. The molecule has 0 aromatic carbocycles. The predicted molar refractivity (Wildman–Crippen MR) is 82.0 cm³/mol. The first-order chi connectivity index (χ1) is 11.0. The normalized spacial score (nSPS) is 10.3. The lowest BCUT2D eigenvalue weighted by atomic mass is 10.3. The molecule has 0 aromatic heterocycles. The molecule has 10 nitrogen and oxygen atoms in total. The molecular formula is C13H26N4O6. The lowest BCUT2D eigenvalue weighted by Crippen LogP contribution is -2.45. The number of likely N-dealkylation sites (N-methyl/N-ethyl adjacent to an activating group) is 1. The van der Waals surface area contributed by atoms with Crippen molar-refractivity contribution in [3.63, 3.8) is 0 Å². The maximum Gasteiger partial charge on any atom is 0.407 e. The molecule has 23 heavy (non-hydrogen) atoms. The van der Waals surface area contributed by atoms with Gasteiger partial charge >= 0.3 is 6.09 Å². The summed E-state index contributed by atoms with van der Waals surface area (Å²) in [5.41, 5.74) is 0. The van der Waals surface area contributed by atoms with Gasteiger partial charge in [0.25, 0.3) is 0 Å². The van der Waals surface area contributed by atoms with Gasteiger partial charge in [0, 0.05) is 27.3 Å². The van der Waals surface area contributed by atoms with Gasteiger partial charge in [0.15, 0.2) is 0 Å². The number of rotatable bonds is 12. The monoisotopic (exact) mass is 334 g/mol. The van der Waals surface area contributed by atoms with Crippen molar-refractivity contribution in [1.82, 2.24) is 21.3 Å². The predicted octanol–water partition coefficient (Wildman–Crippen LogP) is -2.17. The Hall–Kier alpha value is -1.91. The van der Waals surface area contributed by atoms with Crippen molar-refractivity contribution < 1.29 is 28.6 Å². The number of nitrogens with one attached hydrogen (secondary N) is 4. The summed E-state index contributed by atoms with van der Waals surface area (Å²) in [5, 5.41) is 10.5. The molecule has 0 heterocycles. The van der Waals surface area contributed by atoms with Crippen LogP contribution >= 0.6 is 0 Å². The van der Waals surface area contributed by atoms with E-state index in [1.165, 1.54) is 14.2 Å². The third-order valence-electron chi connectivity index (χ3n) is 2.52. The summed E-state index contributed by atoms with van der Waals surface area (Å²) in [6.45, 7) is 0.890. The minimum absolute atomic E-state index is 0.0505. The number of alkyl carbamates (subject to hydrolysis) is 1. The van der Waals surface area contributed by atoms with Crippen molar-refractivity contribution in [3.8, 4) is 0 Å². The Morgan fingerprint density at radius 3 is 1.83 bits per heavy atom. The highest BCUT2D eigenvalue weighted by Gasteiger charge is 2.16. The summed E-state index contributed by atoms with van der Waals surface area (Å²) < 4.78 is 14.5. The topological polar surface area (TPSA) is 127 Å². The van der Waals surface area contributed by atoms with Gasteiger partial charge in [-0.25, -0.2) is 4.79 Å². The van der Waals surface area contributed by atoms with E-state index in [9.17, 15) is 14.4 Å². The van der Waals surface area contributed by atoms with Crippen molar-refractivity contribution in [3.05, 3.63) is 0 Å². The van der Waals surface area contributed by atoms with Gasteiger partial charge in [0.05, 0.1) is 13.1 Å². The molecule has 0 aliphatic heterocycles. The van der Waals surface area contributed by atoms with Gasteiger partial charge in [0.1, 0.15) is 19.3 Å². The number of ether oxygens (including phenoxy) is 3. The van der Waals surface area contributed by atoms with Crippen LogP contribution in [0.3, 0.4) is 0 Å². The maximum atomic E-state index is 11.6. The fraction of sp³-hybridized carbons (Fsp3) is 0.769. The molecule has 10 heteroatoms. The molecule has 0 spiro atoms. The number of carbonyl (C=O) groups is 3. The molecule has 0 atom stereocenters. The van der Waals surface area contributed by atoms with Gasteiger partial charge in [-0.05, 0) is 7.05 Å². The second kappa shape index (κ2) is 13.7. The van der Waals surface area contributed by atoms with E-state index in [0.29, 0.717) is 13.1 Å². The number of methoxy groups -OCH3 is 2. The molecule has 0 radical (unpaired) electrons. The van der Waals surface area contributed by atoms with Gasteiger partial charge in [-0.15, -0.1) is 0 Å². The van der Waals surface area contributed by atoms with Crippen LogP contribution in [0.15, 0.2) is 0 Å². The zero-order valence-corrected chi connectivity index (χ0v) is 13.8. The Morgan fingerprint density at radius 1 is 0.870 bits per heavy atom. The van der Waals surface area contributed by atoms with Crippen LogP contribution in [0, 0.1) is 0 Å². The maximum absolute atomic E-state index is 11.6. The Kier molecular flexibility index (Phi) is 12.6. The third kappa shape index (κ3) is 12.3. The van der Waals surface area contributed by atoms with E-state index in [4.69, 9.17) is 4.74 Å². The van der Waals surface area contributed by atoms with Crippen LogP contribution < -0.4 is 21.3 Å². The molecule has 0 aliphatic rings. The molecular weight excluding hydrogens is 308 g/mol. The van der Waals surface area contributed by atoms with Crippen LogP contribution in [0.2, 0.25) is 0 Å². The van der Waals surface area contributed by atoms with E-state index in [-0.39, 0.29) is 38.1 Å². The molecule has 0 aliphatic carbocycles. The van der Waals surface area contributed by atoms with Crippen LogP contribution in [0.1, 0.15) is 0 Å². The second-order valence-electron chi connectivity index (χ2n) is 4.53. The van der Waals surface area contributed by atoms with Crippen molar-refractivity contribution >= 4 is 17.9 Å². The average molecular weight is 334 g/mol. The molecule has 0 unspecified atom stereocenters. The highest BCUT2D eigenvalue weighted by molar-refractivity contribution is 5.78. The first-order valence-corrected chi connectivity index (χ1v) is 7.13. The number of hydrogen-bond donors (Lipinski definition) is 4. The minimum atomic E-state index is -0.716. The van der Waals surface area contributed by atoms with Crippen molar-refractivity contribution in [2.24, 2.45) is 0 Å². The van der Waals surface area contributed by atoms with E-state index in [1.54, 1.807) is 7.05 Å². The van der Waals surface area contributed by atoms with E-state index in [0.717, 1.165) is 0 Å². The summed E-state index contributed by atoms with van der Waals surface area (Å²) in [6, 6.07) is 0. The fourth-order valence-electron chi connectivity index (χ4n) is 1.46. The Labute approximate surface area is 135 Å². The van der Waals surface area contributed by atoms with E-state index in [2.05, 4.69) is 30.7 Å². The molecule has 0 rings (SSSR count). The number of carbonyl (C=O) groups excluding carboxylic acids is 3. The number of amides is 3. The first kappa shape index (κ1) is 21.1. The lowest BCUT2D eigenvalue weighted by Gasteiger charge is -2.19. The average Bonchev–Trinajstić information content (AvgIpc) is 2.51. The highest BCUT2D eigenvalue weighted by Crippen LogP contribution is 1.91. The van der Waals surface area contributed by atoms with Crippen LogP contribution in [-0.2, 0) is 23.8 Å². The molecule has 0 bridgehead atoms. The zero-order chi connectivity index (χ0) is 17.5. The van der Waals surface area contributed by atoms with Crippen LogP contribution in [0.4, 0.5) is 4.79 Å². The zero-order valence-electron chi connectivity index (χ0n) is 13.8. The van der Waals surface area contributed by atoms with Crippen molar-refractivity contribution in [1.29, 1.82) is 0 Å². The van der Waals surface area contributed by atoms with Gasteiger partial charge in [-0.1, -0.05) is 0 Å². The van der Waals surface area contributed by atoms with Crippen molar-refractivity contribution in [2.75, 3.05) is 60.7 Å². The summed E-state index contributed by atoms with van der Waals surface area (Å²) in [5.74, 6) is -0.695. The third-order valence-corrected chi connectivity index (χ3v) is 2.52. The smallest absolute Gasteiger partial charge is 0.407 e. The summed E-state index contributed by atoms with van der Waals surface area (Å²) >= 11 is 0. The molecule has 0 saturated heterocycles. The van der Waals surface area contributed by atoms with E-state index >= 15 is 0 Å². The van der Waals surface area contributed by atoms with Gasteiger partial charge in [-0.3, -0.25) is 9.59 Å².